The number of aliphatic imine (C=N–C) groups is 1. The van der Waals surface area contributed by atoms with E-state index >= 15 is 0 Å². The van der Waals surface area contributed by atoms with Crippen LogP contribution in [0.1, 0.15) is 31.7 Å². The lowest BCUT2D eigenvalue weighted by molar-refractivity contribution is -0.127. The SMILES string of the molecule is CCNC(=NCc1ccc(-n2ccnc2)c(F)c1)NCCCN1CCCC1=O.I. The number of carbonyl (C=O) groups is 1. The summed E-state index contributed by atoms with van der Waals surface area (Å²) in [6.07, 6.45) is 7.40. The van der Waals surface area contributed by atoms with Crippen LogP contribution in [-0.4, -0.2) is 52.5 Å². The molecule has 0 unspecified atom stereocenters. The van der Waals surface area contributed by atoms with Gasteiger partial charge in [0.15, 0.2) is 5.96 Å². The minimum Gasteiger partial charge on any atom is -0.357 e. The Morgan fingerprint density at radius 1 is 1.34 bits per heavy atom. The van der Waals surface area contributed by atoms with Crippen molar-refractivity contribution in [1.82, 2.24) is 25.1 Å². The molecule has 29 heavy (non-hydrogen) atoms. The molecule has 9 heteroatoms. The van der Waals surface area contributed by atoms with Crippen molar-refractivity contribution in [3.63, 3.8) is 0 Å². The Balaban J connectivity index is 0.00000300. The van der Waals surface area contributed by atoms with Crippen LogP contribution in [0.15, 0.2) is 41.9 Å². The van der Waals surface area contributed by atoms with Gasteiger partial charge < -0.3 is 20.1 Å². The Labute approximate surface area is 187 Å². The molecule has 1 amide bonds. The summed E-state index contributed by atoms with van der Waals surface area (Å²) in [5.41, 5.74) is 1.26. The molecule has 2 aromatic rings. The molecule has 2 heterocycles. The molecular formula is C20H28FIN6O. The first kappa shape index (κ1) is 23.1. The number of nitrogens with one attached hydrogen (secondary N) is 2. The van der Waals surface area contributed by atoms with Gasteiger partial charge in [0.1, 0.15) is 5.82 Å². The van der Waals surface area contributed by atoms with Gasteiger partial charge in [-0.05, 0) is 37.5 Å². The van der Waals surface area contributed by atoms with Gasteiger partial charge in [-0.1, -0.05) is 6.07 Å². The molecule has 0 radical (unpaired) electrons. The highest BCUT2D eigenvalue weighted by atomic mass is 127. The summed E-state index contributed by atoms with van der Waals surface area (Å²) in [4.78, 5) is 22.0. The number of nitrogens with zero attached hydrogens (tertiary/aromatic N) is 4. The van der Waals surface area contributed by atoms with E-state index in [1.807, 2.05) is 17.9 Å². The summed E-state index contributed by atoms with van der Waals surface area (Å²) < 4.78 is 16.0. The Morgan fingerprint density at radius 2 is 2.21 bits per heavy atom. The highest BCUT2D eigenvalue weighted by molar-refractivity contribution is 14.0. The minimum atomic E-state index is -0.307. The van der Waals surface area contributed by atoms with Crippen molar-refractivity contribution in [3.05, 3.63) is 48.3 Å². The lowest BCUT2D eigenvalue weighted by atomic mass is 10.2. The number of carbonyl (C=O) groups excluding carboxylic acids is 1. The van der Waals surface area contributed by atoms with E-state index in [1.165, 1.54) is 6.07 Å². The maximum Gasteiger partial charge on any atom is 0.222 e. The zero-order valence-electron chi connectivity index (χ0n) is 16.6. The van der Waals surface area contributed by atoms with Crippen molar-refractivity contribution in [1.29, 1.82) is 0 Å². The van der Waals surface area contributed by atoms with Crippen LogP contribution >= 0.6 is 24.0 Å². The molecular weight excluding hydrogens is 486 g/mol. The third kappa shape index (κ3) is 6.69. The van der Waals surface area contributed by atoms with E-state index in [-0.39, 0.29) is 35.7 Å². The second-order valence-corrected chi connectivity index (χ2v) is 6.72. The monoisotopic (exact) mass is 514 g/mol. The molecule has 7 nitrogen and oxygen atoms in total. The van der Waals surface area contributed by atoms with E-state index in [2.05, 4.69) is 20.6 Å². The van der Waals surface area contributed by atoms with Crippen molar-refractivity contribution in [2.45, 2.75) is 32.7 Å². The topological polar surface area (TPSA) is 74.6 Å². The lowest BCUT2D eigenvalue weighted by Crippen LogP contribution is -2.39. The standard InChI is InChI=1S/C20H27FN6O.HI/c1-2-23-20(24-8-4-11-26-10-3-5-19(26)28)25-14-16-6-7-18(17(21)13-16)27-12-9-22-15-27;/h6-7,9,12-13,15H,2-5,8,10-11,14H2,1H3,(H2,23,24,25);1H. The summed E-state index contributed by atoms with van der Waals surface area (Å²) in [5, 5.41) is 6.46. The van der Waals surface area contributed by atoms with Crippen LogP contribution in [0.4, 0.5) is 4.39 Å². The molecule has 1 aliphatic rings. The van der Waals surface area contributed by atoms with Crippen molar-refractivity contribution < 1.29 is 9.18 Å². The van der Waals surface area contributed by atoms with Gasteiger partial charge in [-0.15, -0.1) is 24.0 Å². The van der Waals surface area contributed by atoms with Gasteiger partial charge in [0.25, 0.3) is 0 Å². The minimum absolute atomic E-state index is 0. The van der Waals surface area contributed by atoms with Crippen LogP contribution in [0.25, 0.3) is 5.69 Å². The molecule has 0 saturated carbocycles. The Bertz CT molecular complexity index is 811. The second kappa shape index (κ2) is 11.7. The van der Waals surface area contributed by atoms with Crippen LogP contribution in [0, 0.1) is 5.82 Å². The summed E-state index contributed by atoms with van der Waals surface area (Å²) in [7, 11) is 0. The number of rotatable bonds is 8. The van der Waals surface area contributed by atoms with E-state index in [0.717, 1.165) is 44.6 Å². The molecule has 3 rings (SSSR count). The first-order chi connectivity index (χ1) is 13.7. The number of halogens is 2. The number of guanidine groups is 1. The average Bonchev–Trinajstić information content (AvgIpc) is 3.35. The number of hydrogen-bond donors (Lipinski definition) is 2. The lowest BCUT2D eigenvalue weighted by Gasteiger charge is -2.16. The Hall–Kier alpha value is -2.17. The molecule has 1 saturated heterocycles. The quantitative estimate of drug-likeness (QED) is 0.246. The van der Waals surface area contributed by atoms with E-state index < -0.39 is 0 Å². The van der Waals surface area contributed by atoms with Crippen molar-refractivity contribution in [2.24, 2.45) is 4.99 Å². The van der Waals surface area contributed by atoms with E-state index in [4.69, 9.17) is 0 Å². The van der Waals surface area contributed by atoms with Crippen molar-refractivity contribution >= 4 is 35.8 Å². The third-order valence-corrected chi connectivity index (χ3v) is 4.63. The van der Waals surface area contributed by atoms with E-state index in [9.17, 15) is 9.18 Å². The zero-order valence-corrected chi connectivity index (χ0v) is 18.9. The first-order valence-corrected chi connectivity index (χ1v) is 9.74. The number of aromatic nitrogens is 2. The Morgan fingerprint density at radius 3 is 2.86 bits per heavy atom. The van der Waals surface area contributed by atoms with Gasteiger partial charge in [0.2, 0.25) is 5.91 Å². The first-order valence-electron chi connectivity index (χ1n) is 9.74. The van der Waals surface area contributed by atoms with Gasteiger partial charge in [0, 0.05) is 45.0 Å². The molecule has 0 atom stereocenters. The average molecular weight is 514 g/mol. The van der Waals surface area contributed by atoms with Crippen LogP contribution < -0.4 is 10.6 Å². The molecule has 0 aliphatic carbocycles. The Kier molecular flexibility index (Phi) is 9.36. The molecule has 2 N–H and O–H groups in total. The van der Waals surface area contributed by atoms with Gasteiger partial charge in [-0.2, -0.15) is 0 Å². The second-order valence-electron chi connectivity index (χ2n) is 6.72. The molecule has 0 bridgehead atoms. The fraction of sp³-hybridized carbons (Fsp3) is 0.450. The van der Waals surface area contributed by atoms with Gasteiger partial charge in [0.05, 0.1) is 18.6 Å². The van der Waals surface area contributed by atoms with Crippen LogP contribution in [0.3, 0.4) is 0 Å². The van der Waals surface area contributed by atoms with Crippen LogP contribution in [0.5, 0.6) is 0 Å². The molecule has 158 valence electrons. The maximum atomic E-state index is 14.4. The van der Waals surface area contributed by atoms with E-state index in [1.54, 1.807) is 29.4 Å². The molecule has 1 aromatic carbocycles. The van der Waals surface area contributed by atoms with Crippen LogP contribution in [-0.2, 0) is 11.3 Å². The normalized spacial score (nSPS) is 14.1. The number of amides is 1. The molecule has 1 fully saturated rings. The third-order valence-electron chi connectivity index (χ3n) is 4.63. The zero-order chi connectivity index (χ0) is 19.8. The van der Waals surface area contributed by atoms with Crippen LogP contribution in [0.2, 0.25) is 0 Å². The van der Waals surface area contributed by atoms with E-state index in [0.29, 0.717) is 24.6 Å². The van der Waals surface area contributed by atoms with Gasteiger partial charge in [-0.3, -0.25) is 4.79 Å². The summed E-state index contributed by atoms with van der Waals surface area (Å²) >= 11 is 0. The molecule has 0 spiro atoms. The van der Waals surface area contributed by atoms with Crippen molar-refractivity contribution in [3.8, 4) is 5.69 Å². The predicted octanol–water partition coefficient (Wildman–Crippen LogP) is 2.70. The predicted molar refractivity (Wildman–Crippen MR) is 122 cm³/mol. The summed E-state index contributed by atoms with van der Waals surface area (Å²) in [5.74, 6) is 0.634. The fourth-order valence-corrected chi connectivity index (χ4v) is 3.19. The number of hydrogen-bond acceptors (Lipinski definition) is 3. The van der Waals surface area contributed by atoms with Gasteiger partial charge >= 0.3 is 0 Å². The molecule has 1 aromatic heterocycles. The number of imidazole rings is 1. The maximum absolute atomic E-state index is 14.4. The highest BCUT2D eigenvalue weighted by Gasteiger charge is 2.18. The highest BCUT2D eigenvalue weighted by Crippen LogP contribution is 2.15. The summed E-state index contributed by atoms with van der Waals surface area (Å²) in [6, 6.07) is 5.10. The largest absolute Gasteiger partial charge is 0.357 e. The number of benzene rings is 1. The number of likely N-dealkylation sites (tertiary alicyclic amines) is 1. The van der Waals surface area contributed by atoms with Crippen molar-refractivity contribution in [2.75, 3.05) is 26.2 Å². The summed E-state index contributed by atoms with van der Waals surface area (Å²) in [6.45, 7) is 5.48. The fourth-order valence-electron chi connectivity index (χ4n) is 3.19. The molecule has 1 aliphatic heterocycles. The smallest absolute Gasteiger partial charge is 0.222 e. The van der Waals surface area contributed by atoms with Gasteiger partial charge in [-0.25, -0.2) is 14.4 Å².